The smallest absolute Gasteiger partial charge is 0.264 e. The minimum Gasteiger partial charge on any atom is -0.355 e. The fourth-order valence-corrected chi connectivity index (χ4v) is 5.61. The highest BCUT2D eigenvalue weighted by atomic mass is 35.5. The number of hydrogen-bond acceptors (Lipinski definition) is 4. The fraction of sp³-hybridized carbons (Fsp3) is 0.259. The number of rotatable bonds is 11. The highest BCUT2D eigenvalue weighted by molar-refractivity contribution is 7.92. The van der Waals surface area contributed by atoms with Gasteiger partial charge in [0.1, 0.15) is 12.6 Å². The van der Waals surface area contributed by atoms with Gasteiger partial charge < -0.3 is 10.2 Å². The lowest BCUT2D eigenvalue weighted by molar-refractivity contribution is -0.140. The molecule has 0 aromatic heterocycles. The molecule has 37 heavy (non-hydrogen) atoms. The van der Waals surface area contributed by atoms with Gasteiger partial charge in [0.15, 0.2) is 0 Å². The van der Waals surface area contributed by atoms with Gasteiger partial charge in [-0.3, -0.25) is 13.9 Å². The van der Waals surface area contributed by atoms with Gasteiger partial charge in [-0.1, -0.05) is 66.5 Å². The molecule has 0 aliphatic carbocycles. The summed E-state index contributed by atoms with van der Waals surface area (Å²) in [6.07, 6.45) is 0.331. The zero-order valence-electron chi connectivity index (χ0n) is 20.6. The minimum absolute atomic E-state index is 0.0121. The van der Waals surface area contributed by atoms with Crippen molar-refractivity contribution in [2.75, 3.05) is 17.4 Å². The number of anilines is 1. The molecule has 0 heterocycles. The summed E-state index contributed by atoms with van der Waals surface area (Å²) >= 11 is 12.3. The molecule has 0 radical (unpaired) electrons. The number of carbonyl (C=O) groups excluding carboxylic acids is 2. The first kappa shape index (κ1) is 28.5. The lowest BCUT2D eigenvalue weighted by Crippen LogP contribution is -2.52. The number of amides is 2. The standard InChI is InChI=1S/C27H29Cl2N3O4S/c1-3-25(27(34)30-4-2)31(18-20-10-8-9-13-24(20)29)26(33)19-32(22-11-6-5-7-12-22)37(35,36)23-16-14-21(28)15-17-23/h5-17,25H,3-4,18-19H2,1-2H3,(H,30,34)/t25-/m0/s1. The molecule has 196 valence electrons. The molecule has 0 unspecified atom stereocenters. The second-order valence-electron chi connectivity index (χ2n) is 8.23. The number of carbonyl (C=O) groups is 2. The molecule has 0 fully saturated rings. The van der Waals surface area contributed by atoms with Gasteiger partial charge in [-0.05, 0) is 61.4 Å². The van der Waals surface area contributed by atoms with Crippen LogP contribution in [-0.4, -0.2) is 44.3 Å². The largest absolute Gasteiger partial charge is 0.355 e. The van der Waals surface area contributed by atoms with Gasteiger partial charge in [-0.15, -0.1) is 0 Å². The molecule has 3 aromatic carbocycles. The molecule has 0 aliphatic rings. The second-order valence-corrected chi connectivity index (χ2v) is 10.9. The van der Waals surface area contributed by atoms with Crippen molar-refractivity contribution in [2.45, 2.75) is 37.8 Å². The van der Waals surface area contributed by atoms with E-state index in [1.165, 1.54) is 29.2 Å². The number of likely N-dealkylation sites (N-methyl/N-ethyl adjacent to an activating group) is 1. The third kappa shape index (κ3) is 7.03. The second kappa shape index (κ2) is 12.9. The van der Waals surface area contributed by atoms with Crippen LogP contribution in [0.4, 0.5) is 5.69 Å². The van der Waals surface area contributed by atoms with Crippen LogP contribution in [0.3, 0.4) is 0 Å². The van der Waals surface area contributed by atoms with Gasteiger partial charge >= 0.3 is 0 Å². The number of nitrogens with one attached hydrogen (secondary N) is 1. The van der Waals surface area contributed by atoms with Crippen LogP contribution in [0.5, 0.6) is 0 Å². The predicted molar refractivity (Wildman–Crippen MR) is 147 cm³/mol. The normalized spacial score (nSPS) is 12.0. The summed E-state index contributed by atoms with van der Waals surface area (Å²) in [5, 5.41) is 3.60. The summed E-state index contributed by atoms with van der Waals surface area (Å²) in [7, 11) is -4.14. The Hall–Kier alpha value is -3.07. The van der Waals surface area contributed by atoms with Crippen molar-refractivity contribution in [3.63, 3.8) is 0 Å². The molecule has 0 saturated carbocycles. The Kier molecular flexibility index (Phi) is 9.97. The van der Waals surface area contributed by atoms with E-state index in [-0.39, 0.29) is 17.3 Å². The number of nitrogens with zero attached hydrogens (tertiary/aromatic N) is 2. The molecule has 7 nitrogen and oxygen atoms in total. The van der Waals surface area contributed by atoms with E-state index in [0.717, 1.165) is 4.31 Å². The predicted octanol–water partition coefficient (Wildman–Crippen LogP) is 5.13. The van der Waals surface area contributed by atoms with E-state index in [4.69, 9.17) is 23.2 Å². The van der Waals surface area contributed by atoms with Gasteiger partial charge in [-0.25, -0.2) is 8.42 Å². The molecule has 10 heteroatoms. The molecule has 3 aromatic rings. The summed E-state index contributed by atoms with van der Waals surface area (Å²) in [6.45, 7) is 3.50. The number of para-hydroxylation sites is 1. The van der Waals surface area contributed by atoms with E-state index >= 15 is 0 Å². The van der Waals surface area contributed by atoms with Crippen molar-refractivity contribution in [3.8, 4) is 0 Å². The third-order valence-corrected chi connectivity index (χ3v) is 8.17. The molecule has 0 saturated heterocycles. The molecule has 2 amide bonds. The van der Waals surface area contributed by atoms with Crippen molar-refractivity contribution in [1.29, 1.82) is 0 Å². The summed E-state index contributed by atoms with van der Waals surface area (Å²) < 4.78 is 28.4. The summed E-state index contributed by atoms with van der Waals surface area (Å²) in [5.74, 6) is -0.864. The van der Waals surface area contributed by atoms with Crippen LogP contribution in [0.2, 0.25) is 10.0 Å². The first-order chi connectivity index (χ1) is 17.7. The quantitative estimate of drug-likeness (QED) is 0.351. The zero-order chi connectivity index (χ0) is 27.0. The SMILES string of the molecule is CCNC(=O)[C@H](CC)N(Cc1ccccc1Cl)C(=O)CN(c1ccccc1)S(=O)(=O)c1ccc(Cl)cc1. The minimum atomic E-state index is -4.14. The van der Waals surface area contributed by atoms with Crippen molar-refractivity contribution in [3.05, 3.63) is 94.5 Å². The van der Waals surface area contributed by atoms with Crippen LogP contribution >= 0.6 is 23.2 Å². The van der Waals surface area contributed by atoms with E-state index < -0.39 is 28.5 Å². The number of halogens is 2. The molecule has 1 atom stereocenters. The average Bonchev–Trinajstić information content (AvgIpc) is 2.89. The topological polar surface area (TPSA) is 86.8 Å². The summed E-state index contributed by atoms with van der Waals surface area (Å²) in [4.78, 5) is 28.2. The Labute approximate surface area is 228 Å². The fourth-order valence-electron chi connectivity index (χ4n) is 3.88. The summed E-state index contributed by atoms with van der Waals surface area (Å²) in [5.41, 5.74) is 0.960. The average molecular weight is 563 g/mol. The molecule has 1 N–H and O–H groups in total. The number of hydrogen-bond donors (Lipinski definition) is 1. The molecule has 3 rings (SSSR count). The number of benzene rings is 3. The van der Waals surface area contributed by atoms with Crippen molar-refractivity contribution < 1.29 is 18.0 Å². The van der Waals surface area contributed by atoms with Crippen LogP contribution in [0.1, 0.15) is 25.8 Å². The Morgan fingerprint density at radius 1 is 0.892 bits per heavy atom. The van der Waals surface area contributed by atoms with Gasteiger partial charge in [-0.2, -0.15) is 0 Å². The molecule has 0 spiro atoms. The van der Waals surface area contributed by atoms with Gasteiger partial charge in [0, 0.05) is 23.1 Å². The Balaban J connectivity index is 2.04. The highest BCUT2D eigenvalue weighted by Crippen LogP contribution is 2.26. The highest BCUT2D eigenvalue weighted by Gasteiger charge is 2.33. The maximum atomic E-state index is 13.9. The Morgan fingerprint density at radius 2 is 1.51 bits per heavy atom. The van der Waals surface area contributed by atoms with E-state index in [0.29, 0.717) is 34.3 Å². The van der Waals surface area contributed by atoms with E-state index in [2.05, 4.69) is 5.32 Å². The lowest BCUT2D eigenvalue weighted by Gasteiger charge is -2.33. The van der Waals surface area contributed by atoms with Gasteiger partial charge in [0.05, 0.1) is 10.6 Å². The summed E-state index contributed by atoms with van der Waals surface area (Å²) in [6, 6.07) is 20.3. The maximum Gasteiger partial charge on any atom is 0.264 e. The van der Waals surface area contributed by atoms with Crippen molar-refractivity contribution in [1.82, 2.24) is 10.2 Å². The van der Waals surface area contributed by atoms with Gasteiger partial charge in [0.25, 0.3) is 10.0 Å². The van der Waals surface area contributed by atoms with Crippen LogP contribution in [-0.2, 0) is 26.2 Å². The van der Waals surface area contributed by atoms with E-state index in [1.807, 2.05) is 0 Å². The maximum absolute atomic E-state index is 13.9. The Bertz CT molecular complexity index is 1320. The monoisotopic (exact) mass is 561 g/mol. The third-order valence-electron chi connectivity index (χ3n) is 5.76. The van der Waals surface area contributed by atoms with E-state index in [1.54, 1.807) is 68.4 Å². The van der Waals surface area contributed by atoms with Crippen LogP contribution < -0.4 is 9.62 Å². The zero-order valence-corrected chi connectivity index (χ0v) is 22.9. The van der Waals surface area contributed by atoms with Crippen LogP contribution in [0.25, 0.3) is 0 Å². The van der Waals surface area contributed by atoms with E-state index in [9.17, 15) is 18.0 Å². The first-order valence-electron chi connectivity index (χ1n) is 11.8. The lowest BCUT2D eigenvalue weighted by atomic mass is 10.1. The molecule has 0 aliphatic heterocycles. The van der Waals surface area contributed by atoms with Crippen LogP contribution in [0.15, 0.2) is 83.8 Å². The Morgan fingerprint density at radius 3 is 2.11 bits per heavy atom. The first-order valence-corrected chi connectivity index (χ1v) is 14.0. The van der Waals surface area contributed by atoms with Crippen molar-refractivity contribution in [2.24, 2.45) is 0 Å². The molecular weight excluding hydrogens is 533 g/mol. The molecular formula is C27H29Cl2N3O4S. The number of sulfonamides is 1. The van der Waals surface area contributed by atoms with Crippen molar-refractivity contribution >= 4 is 50.7 Å². The molecule has 0 bridgehead atoms. The van der Waals surface area contributed by atoms with Crippen LogP contribution in [0, 0.1) is 0 Å². The van der Waals surface area contributed by atoms with Gasteiger partial charge in [0.2, 0.25) is 11.8 Å².